The van der Waals surface area contributed by atoms with Crippen LogP contribution in [0.3, 0.4) is 0 Å². The predicted molar refractivity (Wildman–Crippen MR) is 92.2 cm³/mol. The Morgan fingerprint density at radius 1 is 1.13 bits per heavy atom. The second-order valence-electron chi connectivity index (χ2n) is 4.98. The van der Waals surface area contributed by atoms with Gasteiger partial charge in [0.25, 0.3) is 5.91 Å². The monoisotopic (exact) mass is 345 g/mol. The number of nitrogens with one attached hydrogen (secondary N) is 1. The van der Waals surface area contributed by atoms with Gasteiger partial charge in [-0.25, -0.2) is 0 Å². The molecule has 0 spiro atoms. The van der Waals surface area contributed by atoms with Crippen molar-refractivity contribution in [3.05, 3.63) is 82.1 Å². The number of anilines is 1. The first-order valence-corrected chi connectivity index (χ1v) is 7.70. The molecular formula is C17H13Cl2N3O. The number of carbonyl (C=O) groups excluding carboxylic acids is 1. The van der Waals surface area contributed by atoms with Crippen molar-refractivity contribution in [1.82, 2.24) is 9.78 Å². The molecule has 0 radical (unpaired) electrons. The minimum absolute atomic E-state index is 0.222. The van der Waals surface area contributed by atoms with Gasteiger partial charge in [-0.05, 0) is 42.0 Å². The molecular weight excluding hydrogens is 333 g/mol. The van der Waals surface area contributed by atoms with Crippen molar-refractivity contribution >= 4 is 34.8 Å². The molecule has 1 N–H and O–H groups in total. The number of amides is 1. The highest BCUT2D eigenvalue weighted by Gasteiger charge is 2.09. The standard InChI is InChI=1S/C17H13Cl2N3O/c18-14-6-7-16(15(19)10-14)21-17(23)13-4-2-12(3-5-13)11-22-9-1-8-20-22/h1-10H,11H2,(H,21,23). The molecule has 6 heteroatoms. The lowest BCUT2D eigenvalue weighted by atomic mass is 10.1. The summed E-state index contributed by atoms with van der Waals surface area (Å²) in [6.07, 6.45) is 3.63. The van der Waals surface area contributed by atoms with Crippen LogP contribution in [0.4, 0.5) is 5.69 Å². The lowest BCUT2D eigenvalue weighted by Crippen LogP contribution is -2.12. The highest BCUT2D eigenvalue weighted by atomic mass is 35.5. The van der Waals surface area contributed by atoms with E-state index in [2.05, 4.69) is 10.4 Å². The van der Waals surface area contributed by atoms with Gasteiger partial charge >= 0.3 is 0 Å². The van der Waals surface area contributed by atoms with E-state index in [0.29, 0.717) is 27.8 Å². The van der Waals surface area contributed by atoms with E-state index >= 15 is 0 Å². The van der Waals surface area contributed by atoms with E-state index in [1.807, 2.05) is 29.1 Å². The van der Waals surface area contributed by atoms with Crippen LogP contribution in [0.15, 0.2) is 60.9 Å². The summed E-state index contributed by atoms with van der Waals surface area (Å²) >= 11 is 11.9. The third-order valence-corrected chi connectivity index (χ3v) is 3.85. The number of carbonyl (C=O) groups is 1. The van der Waals surface area contributed by atoms with Crippen molar-refractivity contribution in [1.29, 1.82) is 0 Å². The van der Waals surface area contributed by atoms with Gasteiger partial charge in [0, 0.05) is 23.0 Å². The molecule has 116 valence electrons. The van der Waals surface area contributed by atoms with Crippen LogP contribution in [0, 0.1) is 0 Å². The zero-order valence-corrected chi connectivity index (χ0v) is 13.6. The van der Waals surface area contributed by atoms with Crippen molar-refractivity contribution in [2.75, 3.05) is 5.32 Å². The van der Waals surface area contributed by atoms with Gasteiger partial charge in [-0.1, -0.05) is 35.3 Å². The lowest BCUT2D eigenvalue weighted by molar-refractivity contribution is 0.102. The average molecular weight is 346 g/mol. The topological polar surface area (TPSA) is 46.9 Å². The summed E-state index contributed by atoms with van der Waals surface area (Å²) in [4.78, 5) is 12.3. The van der Waals surface area contributed by atoms with Gasteiger partial charge in [0.2, 0.25) is 0 Å². The summed E-state index contributed by atoms with van der Waals surface area (Å²) in [5.74, 6) is -0.222. The van der Waals surface area contributed by atoms with Gasteiger partial charge in [-0.2, -0.15) is 5.10 Å². The van der Waals surface area contributed by atoms with Gasteiger partial charge < -0.3 is 5.32 Å². The van der Waals surface area contributed by atoms with Crippen LogP contribution in [0.25, 0.3) is 0 Å². The number of aromatic nitrogens is 2. The highest BCUT2D eigenvalue weighted by Crippen LogP contribution is 2.25. The summed E-state index contributed by atoms with van der Waals surface area (Å²) in [7, 11) is 0. The summed E-state index contributed by atoms with van der Waals surface area (Å²) in [6.45, 7) is 0.665. The molecule has 1 amide bonds. The zero-order valence-electron chi connectivity index (χ0n) is 12.0. The number of hydrogen-bond donors (Lipinski definition) is 1. The Hall–Kier alpha value is -2.30. The van der Waals surface area contributed by atoms with Crippen molar-refractivity contribution in [2.24, 2.45) is 0 Å². The molecule has 0 aliphatic carbocycles. The van der Waals surface area contributed by atoms with Crippen LogP contribution in [0.2, 0.25) is 10.0 Å². The molecule has 3 aromatic rings. The SMILES string of the molecule is O=C(Nc1ccc(Cl)cc1Cl)c1ccc(Cn2cccn2)cc1. The molecule has 0 fully saturated rings. The molecule has 23 heavy (non-hydrogen) atoms. The first-order chi connectivity index (χ1) is 11.1. The Kier molecular flexibility index (Phi) is 4.65. The fourth-order valence-corrected chi connectivity index (χ4v) is 2.58. The van der Waals surface area contributed by atoms with Crippen LogP contribution in [-0.2, 0) is 6.54 Å². The minimum atomic E-state index is -0.222. The normalized spacial score (nSPS) is 10.5. The Bertz CT molecular complexity index is 814. The molecule has 0 aliphatic heterocycles. The molecule has 1 aromatic heterocycles. The van der Waals surface area contributed by atoms with Crippen molar-refractivity contribution < 1.29 is 4.79 Å². The summed E-state index contributed by atoms with van der Waals surface area (Å²) in [5.41, 5.74) is 2.15. The Balaban J connectivity index is 1.70. The van der Waals surface area contributed by atoms with E-state index in [1.165, 1.54) is 0 Å². The van der Waals surface area contributed by atoms with Crippen molar-refractivity contribution in [3.8, 4) is 0 Å². The number of hydrogen-bond acceptors (Lipinski definition) is 2. The number of halogens is 2. The molecule has 1 heterocycles. The van der Waals surface area contributed by atoms with Gasteiger partial charge in [0.1, 0.15) is 0 Å². The van der Waals surface area contributed by atoms with Crippen LogP contribution >= 0.6 is 23.2 Å². The molecule has 0 atom stereocenters. The van der Waals surface area contributed by atoms with Crippen LogP contribution < -0.4 is 5.32 Å². The Labute approximate surface area is 143 Å². The molecule has 3 rings (SSSR count). The second kappa shape index (κ2) is 6.86. The lowest BCUT2D eigenvalue weighted by Gasteiger charge is -2.08. The zero-order chi connectivity index (χ0) is 16.2. The van der Waals surface area contributed by atoms with E-state index in [4.69, 9.17) is 23.2 Å². The number of benzene rings is 2. The van der Waals surface area contributed by atoms with Gasteiger partial charge in [-0.3, -0.25) is 9.48 Å². The Morgan fingerprint density at radius 2 is 1.91 bits per heavy atom. The minimum Gasteiger partial charge on any atom is -0.321 e. The predicted octanol–water partition coefficient (Wildman–Crippen LogP) is 4.49. The molecule has 4 nitrogen and oxygen atoms in total. The first kappa shape index (κ1) is 15.6. The maximum Gasteiger partial charge on any atom is 0.255 e. The van der Waals surface area contributed by atoms with E-state index in [1.54, 1.807) is 36.5 Å². The van der Waals surface area contributed by atoms with E-state index < -0.39 is 0 Å². The first-order valence-electron chi connectivity index (χ1n) is 6.94. The second-order valence-corrected chi connectivity index (χ2v) is 5.82. The van der Waals surface area contributed by atoms with E-state index in [9.17, 15) is 4.79 Å². The van der Waals surface area contributed by atoms with Gasteiger partial charge in [0.05, 0.1) is 17.3 Å². The van der Waals surface area contributed by atoms with E-state index in [0.717, 1.165) is 5.56 Å². The largest absolute Gasteiger partial charge is 0.321 e. The molecule has 0 saturated heterocycles. The summed E-state index contributed by atoms with van der Waals surface area (Å²) in [6, 6.07) is 14.2. The van der Waals surface area contributed by atoms with Crippen molar-refractivity contribution in [2.45, 2.75) is 6.54 Å². The molecule has 2 aromatic carbocycles. The number of rotatable bonds is 4. The summed E-state index contributed by atoms with van der Waals surface area (Å²) < 4.78 is 1.82. The highest BCUT2D eigenvalue weighted by molar-refractivity contribution is 6.36. The maximum atomic E-state index is 12.3. The fraction of sp³-hybridized carbons (Fsp3) is 0.0588. The van der Waals surface area contributed by atoms with Crippen LogP contribution in [-0.4, -0.2) is 15.7 Å². The van der Waals surface area contributed by atoms with E-state index in [-0.39, 0.29) is 5.91 Å². The smallest absolute Gasteiger partial charge is 0.255 e. The molecule has 0 unspecified atom stereocenters. The van der Waals surface area contributed by atoms with Crippen molar-refractivity contribution in [3.63, 3.8) is 0 Å². The quantitative estimate of drug-likeness (QED) is 0.757. The average Bonchev–Trinajstić information content (AvgIpc) is 3.04. The molecule has 0 aliphatic rings. The third kappa shape index (κ3) is 3.92. The Morgan fingerprint density at radius 3 is 2.57 bits per heavy atom. The maximum absolute atomic E-state index is 12.3. The molecule has 0 bridgehead atoms. The van der Waals surface area contributed by atoms with Gasteiger partial charge in [-0.15, -0.1) is 0 Å². The molecule has 0 saturated carbocycles. The summed E-state index contributed by atoms with van der Waals surface area (Å²) in [5, 5.41) is 7.85. The van der Waals surface area contributed by atoms with Crippen LogP contribution in [0.1, 0.15) is 15.9 Å². The number of nitrogens with zero attached hydrogens (tertiary/aromatic N) is 2. The van der Waals surface area contributed by atoms with Gasteiger partial charge in [0.15, 0.2) is 0 Å². The fourth-order valence-electron chi connectivity index (χ4n) is 2.13. The third-order valence-electron chi connectivity index (χ3n) is 3.30. The van der Waals surface area contributed by atoms with Crippen LogP contribution in [0.5, 0.6) is 0 Å².